The fourth-order valence-electron chi connectivity index (χ4n) is 1.34. The molecule has 3 nitrogen and oxygen atoms in total. The van der Waals surface area contributed by atoms with Gasteiger partial charge >= 0.3 is 7.12 Å². The molecule has 4 heteroatoms. The zero-order valence-electron chi connectivity index (χ0n) is 9.55. The summed E-state index contributed by atoms with van der Waals surface area (Å²) >= 11 is 0. The first-order valence-corrected chi connectivity index (χ1v) is 4.75. The Hall–Kier alpha value is -0.0551. The largest absolute Gasteiger partial charge is 0.472 e. The summed E-state index contributed by atoms with van der Waals surface area (Å²) < 4.78 is 11.6. The minimum atomic E-state index is -0.201. The molecule has 0 radical (unpaired) electrons. The third kappa shape index (κ3) is 2.72. The van der Waals surface area contributed by atoms with Crippen molar-refractivity contribution in [1.82, 2.24) is 4.90 Å². The van der Waals surface area contributed by atoms with Crippen molar-refractivity contribution in [3.8, 4) is 0 Å². The van der Waals surface area contributed by atoms with E-state index in [-0.39, 0.29) is 25.7 Å². The third-order valence-electron chi connectivity index (χ3n) is 2.82. The van der Waals surface area contributed by atoms with Crippen LogP contribution < -0.4 is 0 Å². The first-order chi connectivity index (χ1) is 5.74. The van der Waals surface area contributed by atoms with Crippen molar-refractivity contribution in [2.75, 3.05) is 20.5 Å². The Labute approximate surface area is 88.9 Å². The lowest BCUT2D eigenvalue weighted by Gasteiger charge is -2.32. The molecule has 1 heterocycles. The van der Waals surface area contributed by atoms with E-state index in [9.17, 15) is 0 Å². The molecule has 0 aliphatic carbocycles. The average molecular weight is 201 g/mol. The van der Waals surface area contributed by atoms with Crippen LogP contribution in [-0.2, 0) is 9.31 Å². The minimum absolute atomic E-state index is 0. The van der Waals surface area contributed by atoms with Crippen molar-refractivity contribution in [1.29, 1.82) is 0 Å². The first-order valence-electron chi connectivity index (χ1n) is 4.75. The normalized spacial score (nSPS) is 23.8. The van der Waals surface area contributed by atoms with Gasteiger partial charge < -0.3 is 14.2 Å². The van der Waals surface area contributed by atoms with Gasteiger partial charge in [0.15, 0.2) is 0 Å². The molecule has 1 aliphatic heterocycles. The molecule has 0 amide bonds. The number of hydrogen-bond acceptors (Lipinski definition) is 3. The average Bonchev–Trinajstić information content (AvgIpc) is 1.98. The molecular weight excluding hydrogens is 177 g/mol. The molecule has 0 aromatic rings. The van der Waals surface area contributed by atoms with Gasteiger partial charge in [0.05, 0.1) is 11.2 Å². The van der Waals surface area contributed by atoms with Gasteiger partial charge in [-0.15, -0.1) is 0 Å². The summed E-state index contributed by atoms with van der Waals surface area (Å²) in [6.45, 7) is 8.29. The van der Waals surface area contributed by atoms with E-state index < -0.39 is 0 Å². The molecule has 84 valence electrons. The number of hydrogen-bond donors (Lipinski definition) is 0. The summed E-state index contributed by atoms with van der Waals surface area (Å²) in [6.07, 6.45) is 0.812. The summed E-state index contributed by atoms with van der Waals surface area (Å²) in [5, 5.41) is 0. The second-order valence-electron chi connectivity index (χ2n) is 4.95. The Morgan fingerprint density at radius 3 is 1.64 bits per heavy atom. The Kier molecular flexibility index (Phi) is 4.19. The maximum atomic E-state index is 5.81. The van der Waals surface area contributed by atoms with Crippen LogP contribution in [0.5, 0.6) is 0 Å². The van der Waals surface area contributed by atoms with E-state index >= 15 is 0 Å². The topological polar surface area (TPSA) is 21.7 Å². The molecule has 0 bridgehead atoms. The highest BCUT2D eigenvalue weighted by molar-refractivity contribution is 6.45. The quantitative estimate of drug-likeness (QED) is 0.636. The van der Waals surface area contributed by atoms with E-state index in [0.717, 1.165) is 6.44 Å². The first kappa shape index (κ1) is 13.9. The van der Waals surface area contributed by atoms with Gasteiger partial charge in [-0.1, -0.05) is 7.43 Å². The monoisotopic (exact) mass is 201 g/mol. The van der Waals surface area contributed by atoms with Crippen molar-refractivity contribution in [2.45, 2.75) is 46.3 Å². The summed E-state index contributed by atoms with van der Waals surface area (Å²) in [4.78, 5) is 2.07. The summed E-state index contributed by atoms with van der Waals surface area (Å²) in [7, 11) is 3.94. The van der Waals surface area contributed by atoms with Crippen LogP contribution in [0.1, 0.15) is 35.1 Å². The molecule has 0 saturated carbocycles. The van der Waals surface area contributed by atoms with E-state index in [1.165, 1.54) is 0 Å². The Balaban J connectivity index is 0.00000169. The van der Waals surface area contributed by atoms with E-state index in [2.05, 4.69) is 32.6 Å². The van der Waals surface area contributed by atoms with E-state index in [1.54, 1.807) is 0 Å². The van der Waals surface area contributed by atoms with E-state index in [4.69, 9.17) is 9.31 Å². The van der Waals surface area contributed by atoms with Crippen LogP contribution in [0.25, 0.3) is 0 Å². The van der Waals surface area contributed by atoms with Crippen LogP contribution in [0.15, 0.2) is 0 Å². The van der Waals surface area contributed by atoms with Crippen molar-refractivity contribution < 1.29 is 9.31 Å². The Morgan fingerprint density at radius 2 is 1.36 bits per heavy atom. The Bertz CT molecular complexity index is 177. The van der Waals surface area contributed by atoms with Crippen molar-refractivity contribution in [2.24, 2.45) is 0 Å². The molecule has 1 rings (SSSR count). The molecule has 0 aromatic carbocycles. The van der Waals surface area contributed by atoms with Crippen LogP contribution >= 0.6 is 0 Å². The maximum Gasteiger partial charge on any atom is 0.472 e. The van der Waals surface area contributed by atoms with Gasteiger partial charge in [0.1, 0.15) is 0 Å². The van der Waals surface area contributed by atoms with Gasteiger partial charge in [0.2, 0.25) is 0 Å². The zero-order valence-corrected chi connectivity index (χ0v) is 9.55. The Morgan fingerprint density at radius 1 is 1.00 bits per heavy atom. The summed E-state index contributed by atoms with van der Waals surface area (Å²) in [5.41, 5.74) is -0.401. The van der Waals surface area contributed by atoms with E-state index in [0.29, 0.717) is 0 Å². The van der Waals surface area contributed by atoms with E-state index in [1.807, 2.05) is 14.1 Å². The highest BCUT2D eigenvalue weighted by atomic mass is 16.7. The molecule has 0 aromatic heterocycles. The standard InChI is InChI=1S/C9H20BNO2.CH4/c1-8(2)9(3,4)13-10(12-8)7-11(5)6;/h7H2,1-6H3;1H4. The minimum Gasteiger partial charge on any atom is -0.402 e. The third-order valence-corrected chi connectivity index (χ3v) is 2.82. The molecule has 1 fully saturated rings. The van der Waals surface area contributed by atoms with Gasteiger partial charge in [0, 0.05) is 6.44 Å². The lowest BCUT2D eigenvalue weighted by Crippen LogP contribution is -2.41. The predicted octanol–water partition coefficient (Wildman–Crippen LogP) is 1.82. The fourth-order valence-corrected chi connectivity index (χ4v) is 1.34. The fraction of sp³-hybridized carbons (Fsp3) is 1.00. The van der Waals surface area contributed by atoms with Gasteiger partial charge in [-0.2, -0.15) is 0 Å². The highest BCUT2D eigenvalue weighted by Crippen LogP contribution is 2.36. The summed E-state index contributed by atoms with van der Waals surface area (Å²) in [6, 6.07) is 0. The second kappa shape index (κ2) is 4.21. The smallest absolute Gasteiger partial charge is 0.402 e. The van der Waals surface area contributed by atoms with Gasteiger partial charge in [-0.25, -0.2) is 0 Å². The lowest BCUT2D eigenvalue weighted by molar-refractivity contribution is 0.00578. The number of nitrogens with zero attached hydrogens (tertiary/aromatic N) is 1. The van der Waals surface area contributed by atoms with Crippen molar-refractivity contribution >= 4 is 7.12 Å². The number of rotatable bonds is 2. The molecular formula is C10H24BNO2. The SMILES string of the molecule is C.CN(C)CB1OC(C)(C)C(C)(C)O1. The molecule has 1 aliphatic rings. The molecule has 0 N–H and O–H groups in total. The predicted molar refractivity (Wildman–Crippen MR) is 61.4 cm³/mol. The van der Waals surface area contributed by atoms with Crippen LogP contribution in [0, 0.1) is 0 Å². The zero-order chi connectivity index (χ0) is 10.3. The van der Waals surface area contributed by atoms with Gasteiger partial charge in [0.25, 0.3) is 0 Å². The highest BCUT2D eigenvalue weighted by Gasteiger charge is 2.50. The van der Waals surface area contributed by atoms with Gasteiger partial charge in [-0.3, -0.25) is 0 Å². The summed E-state index contributed by atoms with van der Waals surface area (Å²) in [5.74, 6) is 0. The van der Waals surface area contributed by atoms with Crippen LogP contribution in [0.2, 0.25) is 0 Å². The molecule has 0 atom stereocenters. The van der Waals surface area contributed by atoms with Crippen LogP contribution in [-0.4, -0.2) is 43.8 Å². The lowest BCUT2D eigenvalue weighted by atomic mass is 9.90. The van der Waals surface area contributed by atoms with Crippen molar-refractivity contribution in [3.05, 3.63) is 0 Å². The van der Waals surface area contributed by atoms with Gasteiger partial charge in [-0.05, 0) is 41.8 Å². The maximum absolute atomic E-state index is 5.81. The van der Waals surface area contributed by atoms with Crippen LogP contribution in [0.4, 0.5) is 0 Å². The van der Waals surface area contributed by atoms with Crippen molar-refractivity contribution in [3.63, 3.8) is 0 Å². The second-order valence-corrected chi connectivity index (χ2v) is 4.95. The molecule has 1 saturated heterocycles. The molecule has 0 spiro atoms. The molecule has 0 unspecified atom stereocenters. The van der Waals surface area contributed by atoms with Crippen LogP contribution in [0.3, 0.4) is 0 Å². The molecule has 14 heavy (non-hydrogen) atoms.